The zero-order chi connectivity index (χ0) is 20.3. The molecule has 1 N–H and O–H groups in total. The number of carbonyl (C=O) groups excluding carboxylic acids is 3. The average molecular weight is 496 g/mol. The SMILES string of the molecule is CC(=O)OCC1OC(n2cc(I)c(=O)[nH]c2=O)C(OC(C)=O)C1OC(C)=O. The topological polar surface area (TPSA) is 143 Å². The van der Waals surface area contributed by atoms with Crippen LogP contribution in [0.15, 0.2) is 15.8 Å². The predicted octanol–water partition coefficient (Wildman–Crippen LogP) is -0.535. The summed E-state index contributed by atoms with van der Waals surface area (Å²) in [5, 5.41) is 0. The lowest BCUT2D eigenvalue weighted by atomic mass is 10.1. The van der Waals surface area contributed by atoms with Crippen molar-refractivity contribution in [2.45, 2.75) is 45.3 Å². The maximum Gasteiger partial charge on any atom is 0.330 e. The molecule has 0 aromatic carbocycles. The summed E-state index contributed by atoms with van der Waals surface area (Å²) in [6.07, 6.45) is -3.32. The minimum absolute atomic E-state index is 0.185. The number of H-pyrrole nitrogens is 1. The first-order valence-electron chi connectivity index (χ1n) is 7.74. The Morgan fingerprint density at radius 2 is 1.70 bits per heavy atom. The summed E-state index contributed by atoms with van der Waals surface area (Å²) < 4.78 is 22.2. The van der Waals surface area contributed by atoms with Crippen LogP contribution in [0.4, 0.5) is 0 Å². The number of rotatable bonds is 5. The third kappa shape index (κ3) is 5.15. The molecule has 4 atom stereocenters. The van der Waals surface area contributed by atoms with Crippen LogP contribution in [-0.2, 0) is 33.3 Å². The number of hydrogen-bond acceptors (Lipinski definition) is 9. The first kappa shape index (κ1) is 21.1. The second-order valence-corrected chi connectivity index (χ2v) is 6.82. The number of halogens is 1. The van der Waals surface area contributed by atoms with Gasteiger partial charge >= 0.3 is 23.6 Å². The van der Waals surface area contributed by atoms with Crippen LogP contribution in [0.5, 0.6) is 0 Å². The first-order valence-corrected chi connectivity index (χ1v) is 8.82. The molecular formula is C15H17IN2O9. The first-order chi connectivity index (χ1) is 12.6. The Morgan fingerprint density at radius 3 is 2.26 bits per heavy atom. The van der Waals surface area contributed by atoms with Crippen LogP contribution >= 0.6 is 22.6 Å². The van der Waals surface area contributed by atoms with E-state index in [-0.39, 0.29) is 10.2 Å². The minimum Gasteiger partial charge on any atom is -0.463 e. The highest BCUT2D eigenvalue weighted by Gasteiger charge is 2.50. The lowest BCUT2D eigenvalue weighted by Crippen LogP contribution is -2.42. The summed E-state index contributed by atoms with van der Waals surface area (Å²) >= 11 is 1.72. The molecule has 1 aromatic heterocycles. The number of aromatic amines is 1. The Labute approximate surface area is 166 Å². The Hall–Kier alpha value is -2.22. The molecule has 0 saturated carbocycles. The second-order valence-electron chi connectivity index (χ2n) is 5.66. The number of carbonyl (C=O) groups is 3. The van der Waals surface area contributed by atoms with Crippen molar-refractivity contribution in [3.8, 4) is 0 Å². The van der Waals surface area contributed by atoms with E-state index in [1.807, 2.05) is 0 Å². The Kier molecular flexibility index (Phi) is 6.75. The summed E-state index contributed by atoms with van der Waals surface area (Å²) in [5.74, 6) is -1.98. The van der Waals surface area contributed by atoms with E-state index >= 15 is 0 Å². The largest absolute Gasteiger partial charge is 0.463 e. The van der Waals surface area contributed by atoms with Crippen LogP contribution in [0, 0.1) is 3.57 Å². The van der Waals surface area contributed by atoms with Gasteiger partial charge in [-0.05, 0) is 22.6 Å². The van der Waals surface area contributed by atoms with Crippen molar-refractivity contribution in [3.63, 3.8) is 0 Å². The monoisotopic (exact) mass is 496 g/mol. The van der Waals surface area contributed by atoms with Crippen molar-refractivity contribution in [2.24, 2.45) is 0 Å². The van der Waals surface area contributed by atoms with Crippen LogP contribution in [0.3, 0.4) is 0 Å². The molecule has 1 fully saturated rings. The van der Waals surface area contributed by atoms with Gasteiger partial charge in [-0.25, -0.2) is 4.79 Å². The number of esters is 3. The van der Waals surface area contributed by atoms with E-state index in [2.05, 4.69) is 4.98 Å². The van der Waals surface area contributed by atoms with Gasteiger partial charge in [-0.3, -0.25) is 28.7 Å². The highest BCUT2D eigenvalue weighted by atomic mass is 127. The van der Waals surface area contributed by atoms with Crippen LogP contribution in [0.1, 0.15) is 27.0 Å². The van der Waals surface area contributed by atoms with E-state index in [0.717, 1.165) is 18.4 Å². The molecule has 11 nitrogen and oxygen atoms in total. The number of nitrogens with one attached hydrogen (secondary N) is 1. The molecule has 1 saturated heterocycles. The van der Waals surface area contributed by atoms with Gasteiger partial charge in [-0.2, -0.15) is 0 Å². The molecule has 148 valence electrons. The van der Waals surface area contributed by atoms with Gasteiger partial charge < -0.3 is 18.9 Å². The quantitative estimate of drug-likeness (QED) is 0.323. The summed E-state index contributed by atoms with van der Waals surface area (Å²) in [6, 6.07) is 0. The van der Waals surface area contributed by atoms with Crippen molar-refractivity contribution in [3.05, 3.63) is 30.6 Å². The van der Waals surface area contributed by atoms with Crippen molar-refractivity contribution in [1.29, 1.82) is 0 Å². The van der Waals surface area contributed by atoms with Crippen LogP contribution in [0.2, 0.25) is 0 Å². The van der Waals surface area contributed by atoms with Crippen molar-refractivity contribution in [1.82, 2.24) is 9.55 Å². The Morgan fingerprint density at radius 1 is 1.11 bits per heavy atom. The summed E-state index contributed by atoms with van der Waals surface area (Å²) in [5.41, 5.74) is -1.40. The maximum atomic E-state index is 12.2. The summed E-state index contributed by atoms with van der Waals surface area (Å²) in [6.45, 7) is 3.18. The fourth-order valence-electron chi connectivity index (χ4n) is 2.57. The molecule has 0 spiro atoms. The van der Waals surface area contributed by atoms with Gasteiger partial charge in [-0.15, -0.1) is 0 Å². The van der Waals surface area contributed by atoms with E-state index in [9.17, 15) is 24.0 Å². The van der Waals surface area contributed by atoms with Gasteiger partial charge in [0.1, 0.15) is 12.7 Å². The number of hydrogen-bond donors (Lipinski definition) is 1. The minimum atomic E-state index is -1.21. The van der Waals surface area contributed by atoms with Gasteiger partial charge in [0, 0.05) is 27.0 Å². The van der Waals surface area contributed by atoms with Gasteiger partial charge in [0.2, 0.25) is 0 Å². The molecule has 1 aromatic rings. The van der Waals surface area contributed by atoms with Gasteiger partial charge in [-0.1, -0.05) is 0 Å². The fourth-order valence-corrected chi connectivity index (χ4v) is 3.00. The number of ether oxygens (including phenoxy) is 4. The third-order valence-electron chi connectivity index (χ3n) is 3.54. The molecule has 1 aliphatic rings. The highest BCUT2D eigenvalue weighted by molar-refractivity contribution is 14.1. The van der Waals surface area contributed by atoms with E-state index in [4.69, 9.17) is 18.9 Å². The lowest BCUT2D eigenvalue weighted by Gasteiger charge is -2.23. The molecule has 2 rings (SSSR count). The zero-order valence-electron chi connectivity index (χ0n) is 14.6. The van der Waals surface area contributed by atoms with Crippen LogP contribution in [-0.4, -0.2) is 52.4 Å². The van der Waals surface area contributed by atoms with E-state index < -0.39 is 53.7 Å². The van der Waals surface area contributed by atoms with Gasteiger partial charge in [0.25, 0.3) is 5.56 Å². The van der Waals surface area contributed by atoms with Crippen molar-refractivity contribution < 1.29 is 33.3 Å². The molecule has 12 heteroatoms. The standard InChI is InChI=1S/C15H17IN2O9/c1-6(19)24-5-10-11(25-7(2)20)12(26-8(3)21)14(27-10)18-4-9(16)13(22)17-15(18)23/h4,10-12,14H,5H2,1-3H3,(H,17,22,23). The lowest BCUT2D eigenvalue weighted by molar-refractivity contribution is -0.166. The fraction of sp³-hybridized carbons (Fsp3) is 0.533. The zero-order valence-corrected chi connectivity index (χ0v) is 16.8. The highest BCUT2D eigenvalue weighted by Crippen LogP contribution is 2.33. The molecule has 0 aliphatic carbocycles. The molecule has 4 unspecified atom stereocenters. The van der Waals surface area contributed by atoms with Crippen molar-refractivity contribution >= 4 is 40.5 Å². The van der Waals surface area contributed by atoms with Crippen LogP contribution in [0.25, 0.3) is 0 Å². The maximum absolute atomic E-state index is 12.2. The van der Waals surface area contributed by atoms with Gasteiger partial charge in [0.05, 0.1) is 3.57 Å². The van der Waals surface area contributed by atoms with Gasteiger partial charge in [0.15, 0.2) is 18.4 Å². The molecule has 2 heterocycles. The molecule has 0 amide bonds. The van der Waals surface area contributed by atoms with Crippen molar-refractivity contribution in [2.75, 3.05) is 6.61 Å². The van der Waals surface area contributed by atoms with E-state index in [0.29, 0.717) is 0 Å². The molecule has 0 bridgehead atoms. The van der Waals surface area contributed by atoms with E-state index in [1.165, 1.54) is 13.1 Å². The summed E-state index contributed by atoms with van der Waals surface area (Å²) in [4.78, 5) is 60.0. The summed E-state index contributed by atoms with van der Waals surface area (Å²) in [7, 11) is 0. The average Bonchev–Trinajstić information content (AvgIpc) is 2.85. The Balaban J connectivity index is 2.47. The predicted molar refractivity (Wildman–Crippen MR) is 95.7 cm³/mol. The normalized spacial score (nSPS) is 24.3. The van der Waals surface area contributed by atoms with E-state index in [1.54, 1.807) is 22.6 Å². The molecule has 27 heavy (non-hydrogen) atoms. The molecular weight excluding hydrogens is 479 g/mol. The smallest absolute Gasteiger partial charge is 0.330 e. The number of aromatic nitrogens is 2. The molecule has 1 aliphatic heterocycles. The second kappa shape index (κ2) is 8.65. The Bertz CT molecular complexity index is 862. The third-order valence-corrected chi connectivity index (χ3v) is 4.31. The molecule has 0 radical (unpaired) electrons. The number of nitrogens with zero attached hydrogens (tertiary/aromatic N) is 1. The van der Waals surface area contributed by atoms with Crippen LogP contribution < -0.4 is 11.2 Å².